The summed E-state index contributed by atoms with van der Waals surface area (Å²) in [5.41, 5.74) is 5.17. The monoisotopic (exact) mass is 445 g/mol. The van der Waals surface area contributed by atoms with Crippen molar-refractivity contribution in [2.75, 3.05) is 19.7 Å². The third kappa shape index (κ3) is 4.75. The van der Waals surface area contributed by atoms with Gasteiger partial charge in [-0.05, 0) is 60.9 Å². The molecule has 7 nitrogen and oxygen atoms in total. The minimum atomic E-state index is -0.318. The molecular formula is C25H24FN5O2. The Balaban J connectivity index is 1.31. The Morgan fingerprint density at radius 3 is 2.88 bits per heavy atom. The minimum absolute atomic E-state index is 0.0356. The maximum Gasteiger partial charge on any atom is 0.244 e. The van der Waals surface area contributed by atoms with E-state index in [4.69, 9.17) is 4.74 Å². The van der Waals surface area contributed by atoms with E-state index in [9.17, 15) is 9.18 Å². The first-order valence-electron chi connectivity index (χ1n) is 10.9. The van der Waals surface area contributed by atoms with Crippen LogP contribution in [0.15, 0.2) is 60.7 Å². The summed E-state index contributed by atoms with van der Waals surface area (Å²) in [7, 11) is 0. The van der Waals surface area contributed by atoms with Crippen LogP contribution in [-0.2, 0) is 22.5 Å². The molecule has 2 aromatic heterocycles. The molecule has 1 atom stereocenters. The number of nitrogens with zero attached hydrogens (tertiary/aromatic N) is 5. The van der Waals surface area contributed by atoms with Gasteiger partial charge in [-0.2, -0.15) is 0 Å². The molecule has 0 N–H and O–H groups in total. The van der Waals surface area contributed by atoms with E-state index < -0.39 is 0 Å². The smallest absolute Gasteiger partial charge is 0.244 e. The fourth-order valence-electron chi connectivity index (χ4n) is 4.23. The molecule has 33 heavy (non-hydrogen) atoms. The molecule has 2 aromatic carbocycles. The SMILES string of the molecule is Cc1cc(Cc2cccc(F)c2)cc([C@@H]2CN(C(=O)Cn3nnc4ccccc43)CCO2)n1. The Bertz CT molecular complexity index is 1300. The number of carbonyl (C=O) groups is 1. The largest absolute Gasteiger partial charge is 0.368 e. The van der Waals surface area contributed by atoms with Crippen molar-refractivity contribution in [2.24, 2.45) is 0 Å². The van der Waals surface area contributed by atoms with Crippen LogP contribution in [0.4, 0.5) is 4.39 Å². The molecule has 5 rings (SSSR count). The predicted molar refractivity (Wildman–Crippen MR) is 121 cm³/mol. The molecule has 1 aliphatic heterocycles. The van der Waals surface area contributed by atoms with Gasteiger partial charge < -0.3 is 9.64 Å². The maximum absolute atomic E-state index is 13.6. The van der Waals surface area contributed by atoms with E-state index in [2.05, 4.69) is 15.3 Å². The number of halogens is 1. The Hall–Kier alpha value is -3.65. The molecule has 0 aliphatic carbocycles. The van der Waals surface area contributed by atoms with Crippen LogP contribution in [0.5, 0.6) is 0 Å². The summed E-state index contributed by atoms with van der Waals surface area (Å²) in [6, 6.07) is 18.2. The minimum Gasteiger partial charge on any atom is -0.368 e. The number of ether oxygens (including phenoxy) is 1. The van der Waals surface area contributed by atoms with E-state index in [1.807, 2.05) is 49.4 Å². The highest BCUT2D eigenvalue weighted by molar-refractivity contribution is 5.80. The van der Waals surface area contributed by atoms with Crippen molar-refractivity contribution in [3.05, 3.63) is 89.0 Å². The summed E-state index contributed by atoms with van der Waals surface area (Å²) in [4.78, 5) is 19.5. The van der Waals surface area contributed by atoms with Gasteiger partial charge in [0, 0.05) is 12.2 Å². The Labute approximate surface area is 190 Å². The maximum atomic E-state index is 13.6. The van der Waals surface area contributed by atoms with Crippen molar-refractivity contribution in [1.82, 2.24) is 24.9 Å². The first-order chi connectivity index (χ1) is 16.0. The molecule has 168 valence electrons. The average molecular weight is 445 g/mol. The highest BCUT2D eigenvalue weighted by atomic mass is 19.1. The molecule has 0 saturated carbocycles. The number of carbonyl (C=O) groups excluding carboxylic acids is 1. The number of hydrogen-bond acceptors (Lipinski definition) is 5. The van der Waals surface area contributed by atoms with Gasteiger partial charge in [0.15, 0.2) is 0 Å². The predicted octanol–water partition coefficient (Wildman–Crippen LogP) is 3.46. The van der Waals surface area contributed by atoms with Gasteiger partial charge in [0.2, 0.25) is 5.91 Å². The van der Waals surface area contributed by atoms with Crippen LogP contribution in [0.3, 0.4) is 0 Å². The zero-order chi connectivity index (χ0) is 22.8. The number of rotatable bonds is 5. The number of morpholine rings is 1. The van der Waals surface area contributed by atoms with Crippen molar-refractivity contribution in [2.45, 2.75) is 26.0 Å². The first kappa shape index (κ1) is 21.2. The number of hydrogen-bond donors (Lipinski definition) is 0. The molecule has 0 spiro atoms. The molecule has 0 bridgehead atoms. The van der Waals surface area contributed by atoms with E-state index in [1.54, 1.807) is 21.7 Å². The van der Waals surface area contributed by atoms with Crippen molar-refractivity contribution >= 4 is 16.9 Å². The van der Waals surface area contributed by atoms with Gasteiger partial charge in [-0.1, -0.05) is 29.5 Å². The molecule has 1 aliphatic rings. The number of benzene rings is 2. The zero-order valence-corrected chi connectivity index (χ0v) is 18.3. The van der Waals surface area contributed by atoms with E-state index in [-0.39, 0.29) is 24.4 Å². The van der Waals surface area contributed by atoms with Gasteiger partial charge in [0.1, 0.15) is 24.0 Å². The Morgan fingerprint density at radius 1 is 1.12 bits per heavy atom. The highest BCUT2D eigenvalue weighted by Crippen LogP contribution is 2.24. The molecule has 1 amide bonds. The average Bonchev–Trinajstić information content (AvgIpc) is 3.21. The van der Waals surface area contributed by atoms with Crippen LogP contribution in [0.1, 0.15) is 28.6 Å². The van der Waals surface area contributed by atoms with Crippen LogP contribution >= 0.6 is 0 Å². The third-order valence-electron chi connectivity index (χ3n) is 5.78. The highest BCUT2D eigenvalue weighted by Gasteiger charge is 2.27. The quantitative estimate of drug-likeness (QED) is 0.470. The second kappa shape index (κ2) is 9.07. The Kier molecular flexibility index (Phi) is 5.83. The van der Waals surface area contributed by atoms with Crippen molar-refractivity contribution in [3.8, 4) is 0 Å². The number of para-hydroxylation sites is 1. The summed E-state index contributed by atoms with van der Waals surface area (Å²) in [5, 5.41) is 8.25. The molecule has 0 unspecified atom stereocenters. The van der Waals surface area contributed by atoms with Crippen LogP contribution in [-0.4, -0.2) is 50.5 Å². The number of aromatic nitrogens is 4. The lowest BCUT2D eigenvalue weighted by molar-refractivity contribution is -0.140. The summed E-state index contributed by atoms with van der Waals surface area (Å²) >= 11 is 0. The van der Waals surface area contributed by atoms with Crippen LogP contribution in [0, 0.1) is 12.7 Å². The van der Waals surface area contributed by atoms with Crippen LogP contribution in [0.2, 0.25) is 0 Å². The van der Waals surface area contributed by atoms with E-state index in [0.29, 0.717) is 26.1 Å². The normalized spacial score (nSPS) is 16.3. The van der Waals surface area contributed by atoms with Crippen molar-refractivity contribution in [3.63, 3.8) is 0 Å². The van der Waals surface area contributed by atoms with E-state index in [0.717, 1.165) is 33.5 Å². The van der Waals surface area contributed by atoms with Gasteiger partial charge in [0.05, 0.1) is 24.4 Å². The fraction of sp³-hybridized carbons (Fsp3) is 0.280. The molecular weight excluding hydrogens is 421 g/mol. The van der Waals surface area contributed by atoms with Gasteiger partial charge in [-0.25, -0.2) is 9.07 Å². The third-order valence-corrected chi connectivity index (χ3v) is 5.78. The fourth-order valence-corrected chi connectivity index (χ4v) is 4.23. The number of pyridine rings is 1. The van der Waals surface area contributed by atoms with Crippen LogP contribution < -0.4 is 0 Å². The van der Waals surface area contributed by atoms with Gasteiger partial charge in [-0.3, -0.25) is 9.78 Å². The zero-order valence-electron chi connectivity index (χ0n) is 18.3. The number of amides is 1. The molecule has 1 fully saturated rings. The lowest BCUT2D eigenvalue weighted by Crippen LogP contribution is -2.44. The van der Waals surface area contributed by atoms with Gasteiger partial charge in [0.25, 0.3) is 0 Å². The summed E-state index contributed by atoms with van der Waals surface area (Å²) in [6.45, 7) is 3.42. The second-order valence-electron chi connectivity index (χ2n) is 8.28. The van der Waals surface area contributed by atoms with E-state index >= 15 is 0 Å². The molecule has 8 heteroatoms. The topological polar surface area (TPSA) is 73.1 Å². The summed E-state index contributed by atoms with van der Waals surface area (Å²) in [5.74, 6) is -0.282. The first-order valence-corrected chi connectivity index (χ1v) is 10.9. The molecule has 0 radical (unpaired) electrons. The summed E-state index contributed by atoms with van der Waals surface area (Å²) < 4.78 is 21.2. The second-order valence-corrected chi connectivity index (χ2v) is 8.28. The summed E-state index contributed by atoms with van der Waals surface area (Å²) in [6.07, 6.45) is 0.282. The lowest BCUT2D eigenvalue weighted by Gasteiger charge is -2.33. The lowest BCUT2D eigenvalue weighted by atomic mass is 10.0. The van der Waals surface area contributed by atoms with Crippen molar-refractivity contribution < 1.29 is 13.9 Å². The number of fused-ring (bicyclic) bond motifs is 1. The molecule has 3 heterocycles. The van der Waals surface area contributed by atoms with Crippen LogP contribution in [0.25, 0.3) is 11.0 Å². The van der Waals surface area contributed by atoms with Crippen molar-refractivity contribution in [1.29, 1.82) is 0 Å². The standard InChI is InChI=1S/C25H24FN5O2/c1-17-11-19(12-18-5-4-6-20(26)13-18)14-22(27-17)24-15-30(9-10-33-24)25(32)16-31-23-8-3-2-7-21(23)28-29-31/h2-8,11,13-14,24H,9-10,12,15-16H2,1H3/t24-/m0/s1. The number of aryl methyl sites for hydroxylation is 1. The van der Waals surface area contributed by atoms with Gasteiger partial charge in [-0.15, -0.1) is 5.10 Å². The molecule has 1 saturated heterocycles. The van der Waals surface area contributed by atoms with Gasteiger partial charge >= 0.3 is 0 Å². The Morgan fingerprint density at radius 2 is 2.00 bits per heavy atom. The van der Waals surface area contributed by atoms with E-state index in [1.165, 1.54) is 6.07 Å². The molecule has 4 aromatic rings.